The molecule has 0 bridgehead atoms. The van der Waals surface area contributed by atoms with Crippen LogP contribution in [0.3, 0.4) is 0 Å². The van der Waals surface area contributed by atoms with Gasteiger partial charge in [0.15, 0.2) is 5.43 Å². The fourth-order valence-corrected chi connectivity index (χ4v) is 2.42. The van der Waals surface area contributed by atoms with E-state index in [-0.39, 0.29) is 20.6 Å². The molecule has 0 saturated heterocycles. The van der Waals surface area contributed by atoms with Crippen LogP contribution in [0.4, 0.5) is 13.2 Å². The molecule has 0 fully saturated rings. The third-order valence-corrected chi connectivity index (χ3v) is 3.66. The molecule has 0 aliphatic carbocycles. The summed E-state index contributed by atoms with van der Waals surface area (Å²) in [7, 11) is 0. The molecular weight excluding hydrogens is 337 g/mol. The second-order valence-corrected chi connectivity index (χ2v) is 5.00. The quantitative estimate of drug-likeness (QED) is 0.725. The molecule has 106 valence electrons. The van der Waals surface area contributed by atoms with Crippen molar-refractivity contribution in [3.05, 3.63) is 55.4 Å². The number of hydrogen-bond donors (Lipinski definition) is 1. The van der Waals surface area contributed by atoms with E-state index in [0.717, 1.165) is 12.3 Å². The maximum absolute atomic E-state index is 13.0. The lowest BCUT2D eigenvalue weighted by Crippen LogP contribution is -2.17. The van der Waals surface area contributed by atoms with Gasteiger partial charge in [-0.3, -0.25) is 4.79 Å². The number of halogens is 6. The molecule has 0 atom stereocenters. The fraction of sp³-hybridized carbons (Fsp3) is 0.0833. The summed E-state index contributed by atoms with van der Waals surface area (Å²) in [6.45, 7) is 0. The average molecular weight is 343 g/mol. The summed E-state index contributed by atoms with van der Waals surface area (Å²) in [5, 5.41) is -0.301. The first-order valence-electron chi connectivity index (χ1n) is 5.16. The van der Waals surface area contributed by atoms with Crippen LogP contribution in [0, 0.1) is 0 Å². The summed E-state index contributed by atoms with van der Waals surface area (Å²) in [6.07, 6.45) is -3.86. The van der Waals surface area contributed by atoms with Crippen molar-refractivity contribution < 1.29 is 13.2 Å². The van der Waals surface area contributed by atoms with Gasteiger partial charge >= 0.3 is 6.18 Å². The summed E-state index contributed by atoms with van der Waals surface area (Å²) in [5.41, 5.74) is -2.98. The van der Waals surface area contributed by atoms with Crippen LogP contribution in [0.15, 0.2) is 29.2 Å². The molecule has 0 radical (unpaired) electrons. The SMILES string of the molecule is O=c1cc[nH]c(C(F)(F)F)c1-c1c(Cl)ccc(Cl)c1Cl. The van der Waals surface area contributed by atoms with Crippen molar-refractivity contribution in [3.63, 3.8) is 0 Å². The van der Waals surface area contributed by atoms with E-state index in [2.05, 4.69) is 0 Å². The van der Waals surface area contributed by atoms with Crippen LogP contribution in [-0.2, 0) is 6.18 Å². The maximum Gasteiger partial charge on any atom is 0.431 e. The molecule has 20 heavy (non-hydrogen) atoms. The van der Waals surface area contributed by atoms with E-state index in [1.807, 2.05) is 4.98 Å². The van der Waals surface area contributed by atoms with Gasteiger partial charge in [-0.25, -0.2) is 0 Å². The first kappa shape index (κ1) is 15.2. The second kappa shape index (κ2) is 5.31. The third-order valence-electron chi connectivity index (χ3n) is 2.54. The van der Waals surface area contributed by atoms with Gasteiger partial charge in [0, 0.05) is 17.8 Å². The Bertz CT molecular complexity index is 725. The van der Waals surface area contributed by atoms with Crippen molar-refractivity contribution in [2.45, 2.75) is 6.18 Å². The van der Waals surface area contributed by atoms with Crippen molar-refractivity contribution in [2.24, 2.45) is 0 Å². The first-order chi connectivity index (χ1) is 9.23. The summed E-state index contributed by atoms with van der Waals surface area (Å²) in [5.74, 6) is 0. The molecule has 0 aliphatic heterocycles. The Hall–Kier alpha value is -1.17. The Balaban J connectivity index is 2.91. The highest BCUT2D eigenvalue weighted by molar-refractivity contribution is 6.46. The van der Waals surface area contributed by atoms with Gasteiger partial charge in [-0.2, -0.15) is 13.2 Å². The van der Waals surface area contributed by atoms with Crippen LogP contribution < -0.4 is 5.43 Å². The summed E-state index contributed by atoms with van der Waals surface area (Å²) in [6, 6.07) is 3.57. The number of benzene rings is 1. The number of aromatic nitrogens is 1. The molecule has 0 aliphatic rings. The fourth-order valence-electron chi connectivity index (χ4n) is 1.71. The molecule has 2 rings (SSSR count). The highest BCUT2D eigenvalue weighted by Gasteiger charge is 2.37. The van der Waals surface area contributed by atoms with Crippen LogP contribution in [0.1, 0.15) is 5.69 Å². The van der Waals surface area contributed by atoms with Crippen LogP contribution in [0.5, 0.6) is 0 Å². The smallest absolute Gasteiger partial charge is 0.357 e. The maximum atomic E-state index is 13.0. The van der Waals surface area contributed by atoms with E-state index in [0.29, 0.717) is 0 Å². The van der Waals surface area contributed by atoms with Gasteiger partial charge in [0.1, 0.15) is 5.69 Å². The lowest BCUT2D eigenvalue weighted by atomic mass is 10.0. The zero-order valence-corrected chi connectivity index (χ0v) is 11.8. The van der Waals surface area contributed by atoms with E-state index in [1.165, 1.54) is 12.1 Å². The van der Waals surface area contributed by atoms with Gasteiger partial charge in [0.2, 0.25) is 0 Å². The topological polar surface area (TPSA) is 32.9 Å². The molecular formula is C12H5Cl3F3NO. The van der Waals surface area contributed by atoms with Crippen LogP contribution in [0.2, 0.25) is 15.1 Å². The number of hydrogen-bond acceptors (Lipinski definition) is 1. The Morgan fingerprint density at radius 2 is 1.55 bits per heavy atom. The van der Waals surface area contributed by atoms with Gasteiger partial charge in [0.05, 0.1) is 20.6 Å². The molecule has 2 aromatic rings. The van der Waals surface area contributed by atoms with Gasteiger partial charge in [-0.1, -0.05) is 34.8 Å². The molecule has 0 saturated carbocycles. The van der Waals surface area contributed by atoms with E-state index < -0.39 is 22.9 Å². The molecule has 0 unspecified atom stereocenters. The van der Waals surface area contributed by atoms with Gasteiger partial charge in [-0.15, -0.1) is 0 Å². The predicted octanol–water partition coefficient (Wildman–Crippen LogP) is 5.02. The molecule has 0 amide bonds. The number of H-pyrrole nitrogens is 1. The Morgan fingerprint density at radius 3 is 2.15 bits per heavy atom. The van der Waals surface area contributed by atoms with Gasteiger partial charge in [0.25, 0.3) is 0 Å². The van der Waals surface area contributed by atoms with Crippen LogP contribution >= 0.6 is 34.8 Å². The predicted molar refractivity (Wildman–Crippen MR) is 72.5 cm³/mol. The minimum Gasteiger partial charge on any atom is -0.357 e. The van der Waals surface area contributed by atoms with Crippen LogP contribution in [-0.4, -0.2) is 4.98 Å². The van der Waals surface area contributed by atoms with Crippen molar-refractivity contribution in [3.8, 4) is 11.1 Å². The number of nitrogens with one attached hydrogen (secondary N) is 1. The minimum atomic E-state index is -4.76. The Kier molecular flexibility index (Phi) is 4.04. The number of aromatic amines is 1. The summed E-state index contributed by atoms with van der Waals surface area (Å²) in [4.78, 5) is 13.8. The van der Waals surface area contributed by atoms with Crippen molar-refractivity contribution in [1.82, 2.24) is 4.98 Å². The van der Waals surface area contributed by atoms with Crippen molar-refractivity contribution in [1.29, 1.82) is 0 Å². The van der Waals surface area contributed by atoms with Crippen molar-refractivity contribution >= 4 is 34.8 Å². The molecule has 0 spiro atoms. The first-order valence-corrected chi connectivity index (χ1v) is 6.29. The van der Waals surface area contributed by atoms with E-state index in [9.17, 15) is 18.0 Å². The van der Waals surface area contributed by atoms with Crippen molar-refractivity contribution in [2.75, 3.05) is 0 Å². The van der Waals surface area contributed by atoms with Gasteiger partial charge in [-0.05, 0) is 12.1 Å². The third kappa shape index (κ3) is 2.66. The standard InChI is InChI=1S/C12H5Cl3F3NO/c13-5-1-2-6(14)10(15)8(5)9-7(20)3-4-19-11(9)12(16,17)18/h1-4H,(H,19,20). The van der Waals surface area contributed by atoms with E-state index >= 15 is 0 Å². The van der Waals surface area contributed by atoms with Gasteiger partial charge < -0.3 is 4.98 Å². The Morgan fingerprint density at radius 1 is 0.950 bits per heavy atom. The second-order valence-electron chi connectivity index (χ2n) is 3.81. The monoisotopic (exact) mass is 341 g/mol. The lowest BCUT2D eigenvalue weighted by molar-refractivity contribution is -0.140. The summed E-state index contributed by atoms with van der Waals surface area (Å²) < 4.78 is 39.0. The molecule has 1 aromatic heterocycles. The lowest BCUT2D eigenvalue weighted by Gasteiger charge is -2.14. The number of pyridine rings is 1. The molecule has 8 heteroatoms. The average Bonchev–Trinajstić information content (AvgIpc) is 2.35. The highest BCUT2D eigenvalue weighted by Crippen LogP contribution is 2.42. The largest absolute Gasteiger partial charge is 0.431 e. The number of rotatable bonds is 1. The van der Waals surface area contributed by atoms with E-state index in [1.54, 1.807) is 0 Å². The zero-order valence-electron chi connectivity index (χ0n) is 9.49. The minimum absolute atomic E-state index is 0.00226. The Labute approximate surface area is 126 Å². The normalized spacial score (nSPS) is 11.7. The number of alkyl halides is 3. The molecule has 1 heterocycles. The van der Waals surface area contributed by atoms with Crippen LogP contribution in [0.25, 0.3) is 11.1 Å². The molecule has 2 nitrogen and oxygen atoms in total. The highest BCUT2D eigenvalue weighted by atomic mass is 35.5. The van der Waals surface area contributed by atoms with E-state index in [4.69, 9.17) is 34.8 Å². The zero-order chi connectivity index (χ0) is 15.1. The molecule has 1 aromatic carbocycles. The molecule has 1 N–H and O–H groups in total. The summed E-state index contributed by atoms with van der Waals surface area (Å²) >= 11 is 17.5.